The molecule has 1 aromatic heterocycles. The lowest BCUT2D eigenvalue weighted by Gasteiger charge is -2.49. The first-order chi connectivity index (χ1) is 13.3. The quantitative estimate of drug-likeness (QED) is 0.681. The van der Waals surface area contributed by atoms with Gasteiger partial charge in [0.15, 0.2) is 11.2 Å². The van der Waals surface area contributed by atoms with Crippen molar-refractivity contribution in [3.8, 4) is 5.75 Å². The van der Waals surface area contributed by atoms with Crippen molar-refractivity contribution < 1.29 is 18.7 Å². The molecule has 146 valence electrons. The third kappa shape index (κ3) is 2.25. The molecule has 0 bridgehead atoms. The molecule has 0 amide bonds. The Labute approximate surface area is 163 Å². The smallest absolute Gasteiger partial charge is 0.195 e. The van der Waals surface area contributed by atoms with Crippen molar-refractivity contribution in [1.29, 1.82) is 0 Å². The third-order valence-corrected chi connectivity index (χ3v) is 6.66. The van der Waals surface area contributed by atoms with Gasteiger partial charge >= 0.3 is 0 Å². The number of rotatable bonds is 0. The first kappa shape index (κ1) is 17.5. The SMILES string of the molecule is Cc1oc2c3c(ccc2c(=O)c1C)OC[C@H]1[C@@H]3C2=C(CCCC2=O)OC1(C)C. The van der Waals surface area contributed by atoms with Crippen LogP contribution in [-0.4, -0.2) is 18.0 Å². The molecular weight excluding hydrogens is 356 g/mol. The van der Waals surface area contributed by atoms with Gasteiger partial charge < -0.3 is 13.9 Å². The van der Waals surface area contributed by atoms with Gasteiger partial charge in [0.2, 0.25) is 0 Å². The molecule has 2 aliphatic heterocycles. The van der Waals surface area contributed by atoms with Crippen LogP contribution < -0.4 is 10.2 Å². The lowest BCUT2D eigenvalue weighted by Crippen LogP contribution is -2.49. The first-order valence-electron chi connectivity index (χ1n) is 9.94. The van der Waals surface area contributed by atoms with Crippen LogP contribution in [-0.2, 0) is 9.53 Å². The number of aryl methyl sites for hydroxylation is 1. The van der Waals surface area contributed by atoms with Crippen molar-refractivity contribution in [2.45, 2.75) is 58.5 Å². The number of allylic oxidation sites excluding steroid dienone is 2. The summed E-state index contributed by atoms with van der Waals surface area (Å²) >= 11 is 0. The normalized spacial score (nSPS) is 25.5. The molecule has 2 aromatic rings. The highest BCUT2D eigenvalue weighted by molar-refractivity contribution is 5.99. The van der Waals surface area contributed by atoms with Gasteiger partial charge in [-0.05, 0) is 46.2 Å². The number of carbonyl (C=O) groups is 1. The van der Waals surface area contributed by atoms with Gasteiger partial charge in [0.1, 0.15) is 28.5 Å². The summed E-state index contributed by atoms with van der Waals surface area (Å²) in [6.45, 7) is 8.16. The predicted molar refractivity (Wildman–Crippen MR) is 105 cm³/mol. The number of benzene rings is 1. The highest BCUT2D eigenvalue weighted by atomic mass is 16.5. The largest absolute Gasteiger partial charge is 0.493 e. The summed E-state index contributed by atoms with van der Waals surface area (Å²) in [6, 6.07) is 3.62. The second kappa shape index (κ2) is 5.72. The zero-order valence-electron chi connectivity index (χ0n) is 16.7. The van der Waals surface area contributed by atoms with Gasteiger partial charge in [0.05, 0.1) is 12.0 Å². The Kier molecular flexibility index (Phi) is 3.58. The van der Waals surface area contributed by atoms with E-state index in [0.29, 0.717) is 41.1 Å². The summed E-state index contributed by atoms with van der Waals surface area (Å²) in [4.78, 5) is 25.8. The summed E-state index contributed by atoms with van der Waals surface area (Å²) in [6.07, 6.45) is 2.13. The van der Waals surface area contributed by atoms with Gasteiger partial charge in [-0.15, -0.1) is 0 Å². The summed E-state index contributed by atoms with van der Waals surface area (Å²) in [7, 11) is 0. The van der Waals surface area contributed by atoms with Crippen molar-refractivity contribution in [1.82, 2.24) is 0 Å². The maximum atomic E-state index is 13.0. The minimum Gasteiger partial charge on any atom is -0.493 e. The van der Waals surface area contributed by atoms with Crippen LogP contribution in [0.4, 0.5) is 0 Å². The first-order valence-corrected chi connectivity index (χ1v) is 9.94. The summed E-state index contributed by atoms with van der Waals surface area (Å²) in [5.41, 5.74) is 2.24. The maximum Gasteiger partial charge on any atom is 0.195 e. The van der Waals surface area contributed by atoms with Crippen LogP contribution >= 0.6 is 0 Å². The molecular formula is C23H24O5. The standard InChI is InChI=1S/C23H24O5/c1-11-12(2)27-22-13(21(11)25)8-9-16-20(22)18-14(10-26-16)23(3,4)28-17-7-5-6-15(24)19(17)18/h8-9,14,18H,5-7,10H2,1-4H3/t14-,18+/m0/s1. The van der Waals surface area contributed by atoms with E-state index in [4.69, 9.17) is 13.9 Å². The van der Waals surface area contributed by atoms with Crippen LogP contribution in [0.1, 0.15) is 55.9 Å². The second-order valence-electron chi connectivity index (χ2n) is 8.68. The Morgan fingerprint density at radius 3 is 2.68 bits per heavy atom. The lowest BCUT2D eigenvalue weighted by molar-refractivity contribution is -0.121. The van der Waals surface area contributed by atoms with E-state index in [9.17, 15) is 9.59 Å². The molecule has 5 heteroatoms. The average molecular weight is 380 g/mol. The number of hydrogen-bond acceptors (Lipinski definition) is 5. The van der Waals surface area contributed by atoms with Crippen molar-refractivity contribution in [2.24, 2.45) is 5.92 Å². The number of Topliss-reactive ketones (excluding diaryl/α,β-unsaturated/α-hetero) is 1. The maximum absolute atomic E-state index is 13.0. The molecule has 0 fully saturated rings. The van der Waals surface area contributed by atoms with E-state index in [1.807, 2.05) is 6.07 Å². The van der Waals surface area contributed by atoms with E-state index in [-0.39, 0.29) is 23.0 Å². The summed E-state index contributed by atoms with van der Waals surface area (Å²) in [5.74, 6) is 2.04. The topological polar surface area (TPSA) is 65.7 Å². The van der Waals surface area contributed by atoms with E-state index < -0.39 is 5.60 Å². The van der Waals surface area contributed by atoms with Gasteiger partial charge in [-0.1, -0.05) is 0 Å². The van der Waals surface area contributed by atoms with Crippen molar-refractivity contribution >= 4 is 16.8 Å². The number of fused-ring (bicyclic) bond motifs is 6. The molecule has 1 aliphatic carbocycles. The Bertz CT molecular complexity index is 1120. The van der Waals surface area contributed by atoms with Gasteiger partial charge in [-0.25, -0.2) is 0 Å². The Balaban J connectivity index is 1.87. The van der Waals surface area contributed by atoms with Gasteiger partial charge in [0, 0.05) is 41.4 Å². The molecule has 3 heterocycles. The van der Waals surface area contributed by atoms with E-state index in [1.165, 1.54) is 0 Å². The molecule has 1 aromatic carbocycles. The van der Waals surface area contributed by atoms with E-state index in [2.05, 4.69) is 13.8 Å². The zero-order valence-corrected chi connectivity index (χ0v) is 16.7. The fourth-order valence-electron chi connectivity index (χ4n) is 4.99. The fraction of sp³-hybridized carbons (Fsp3) is 0.478. The van der Waals surface area contributed by atoms with Crippen molar-refractivity contribution in [3.05, 3.63) is 50.6 Å². The molecule has 0 spiro atoms. The zero-order chi connectivity index (χ0) is 19.8. The summed E-state index contributed by atoms with van der Waals surface area (Å²) in [5, 5.41) is 0.542. The van der Waals surface area contributed by atoms with E-state index in [1.54, 1.807) is 19.9 Å². The Morgan fingerprint density at radius 1 is 1.11 bits per heavy atom. The lowest BCUT2D eigenvalue weighted by atomic mass is 9.67. The molecule has 5 rings (SSSR count). The predicted octanol–water partition coefficient (Wildman–Crippen LogP) is 4.32. The molecule has 3 aliphatic rings. The molecule has 0 N–H and O–H groups in total. The van der Waals surface area contributed by atoms with Crippen LogP contribution in [0.3, 0.4) is 0 Å². The highest BCUT2D eigenvalue weighted by Gasteiger charge is 2.52. The molecule has 0 saturated carbocycles. The minimum absolute atomic E-state index is 0.0285. The molecule has 0 unspecified atom stereocenters. The van der Waals surface area contributed by atoms with Crippen LogP contribution in [0.5, 0.6) is 5.75 Å². The van der Waals surface area contributed by atoms with E-state index >= 15 is 0 Å². The van der Waals surface area contributed by atoms with Crippen molar-refractivity contribution in [2.75, 3.05) is 6.61 Å². The highest BCUT2D eigenvalue weighted by Crippen LogP contribution is 2.54. The van der Waals surface area contributed by atoms with Crippen LogP contribution in [0.25, 0.3) is 11.0 Å². The average Bonchev–Trinajstić information content (AvgIpc) is 2.65. The van der Waals surface area contributed by atoms with Crippen LogP contribution in [0, 0.1) is 19.8 Å². The second-order valence-corrected chi connectivity index (χ2v) is 8.68. The molecule has 0 saturated heterocycles. The number of hydrogen-bond donors (Lipinski definition) is 0. The monoisotopic (exact) mass is 380 g/mol. The van der Waals surface area contributed by atoms with Crippen molar-refractivity contribution in [3.63, 3.8) is 0 Å². The molecule has 28 heavy (non-hydrogen) atoms. The fourth-order valence-corrected chi connectivity index (χ4v) is 4.99. The minimum atomic E-state index is -0.471. The van der Waals surface area contributed by atoms with Gasteiger partial charge in [0.25, 0.3) is 0 Å². The number of ketones is 1. The summed E-state index contributed by atoms with van der Waals surface area (Å²) < 4.78 is 18.5. The number of carbonyl (C=O) groups excluding carboxylic acids is 1. The Morgan fingerprint density at radius 2 is 1.89 bits per heavy atom. The van der Waals surface area contributed by atoms with Crippen LogP contribution in [0.2, 0.25) is 0 Å². The van der Waals surface area contributed by atoms with Gasteiger partial charge in [-0.2, -0.15) is 0 Å². The van der Waals surface area contributed by atoms with E-state index in [0.717, 1.165) is 29.7 Å². The van der Waals surface area contributed by atoms with Gasteiger partial charge in [-0.3, -0.25) is 9.59 Å². The molecule has 2 atom stereocenters. The third-order valence-electron chi connectivity index (χ3n) is 6.66. The number of ether oxygens (including phenoxy) is 2. The molecule has 0 radical (unpaired) electrons. The molecule has 5 nitrogen and oxygen atoms in total. The van der Waals surface area contributed by atoms with Crippen LogP contribution in [0.15, 0.2) is 32.7 Å². The Hall–Kier alpha value is -2.56.